The third-order valence-electron chi connectivity index (χ3n) is 6.39. The van der Waals surface area contributed by atoms with Crippen molar-refractivity contribution in [2.24, 2.45) is 5.92 Å². The number of amides is 3. The fourth-order valence-corrected chi connectivity index (χ4v) is 4.17. The fraction of sp³-hybridized carbons (Fsp3) is 0.516. The first-order valence-corrected chi connectivity index (χ1v) is 13.4. The molecule has 0 saturated heterocycles. The third kappa shape index (κ3) is 9.84. The number of carbonyl (C=O) groups excluding carboxylic acids is 3. The SMILES string of the molecule is Cc1ccc(C(C(=O)NCc2ccccc2)N(C(=O)CNC(=O)OC(C)(C)C)C(C)CCC(C)C)cc1C. The van der Waals surface area contributed by atoms with Crippen LogP contribution in [0.2, 0.25) is 0 Å². The van der Waals surface area contributed by atoms with Crippen LogP contribution >= 0.6 is 0 Å². The Hall–Kier alpha value is -3.35. The molecule has 7 nitrogen and oxygen atoms in total. The van der Waals surface area contributed by atoms with Gasteiger partial charge < -0.3 is 20.3 Å². The molecular formula is C31H45N3O4. The van der Waals surface area contributed by atoms with Gasteiger partial charge in [0.25, 0.3) is 0 Å². The first-order chi connectivity index (χ1) is 17.8. The van der Waals surface area contributed by atoms with Gasteiger partial charge in [0.15, 0.2) is 0 Å². The van der Waals surface area contributed by atoms with Gasteiger partial charge in [0.1, 0.15) is 18.2 Å². The Bertz CT molecular complexity index is 1080. The molecule has 0 aliphatic rings. The molecule has 0 fully saturated rings. The van der Waals surface area contributed by atoms with Gasteiger partial charge in [-0.05, 0) is 82.6 Å². The van der Waals surface area contributed by atoms with Crippen molar-refractivity contribution in [1.29, 1.82) is 0 Å². The summed E-state index contributed by atoms with van der Waals surface area (Å²) in [6, 6.07) is 14.4. The summed E-state index contributed by atoms with van der Waals surface area (Å²) in [6.07, 6.45) is 0.954. The maximum atomic E-state index is 13.8. The Morgan fingerprint density at radius 1 is 0.895 bits per heavy atom. The lowest BCUT2D eigenvalue weighted by Gasteiger charge is -2.37. The monoisotopic (exact) mass is 523 g/mol. The van der Waals surface area contributed by atoms with E-state index in [9.17, 15) is 14.4 Å². The number of hydrogen-bond donors (Lipinski definition) is 2. The van der Waals surface area contributed by atoms with Crippen LogP contribution in [0.3, 0.4) is 0 Å². The number of aryl methyl sites for hydroxylation is 2. The molecule has 7 heteroatoms. The lowest BCUT2D eigenvalue weighted by molar-refractivity contribution is -0.143. The standard InChI is InChI=1S/C31H45N3O4/c1-21(2)14-16-24(5)34(27(35)20-33-30(37)38-31(6,7)8)28(26-17-15-22(3)23(4)18-26)29(36)32-19-25-12-10-9-11-13-25/h9-13,15,17-18,21,24,28H,14,16,19-20H2,1-8H3,(H,32,36)(H,33,37). The van der Waals surface area contributed by atoms with Gasteiger partial charge in [-0.2, -0.15) is 0 Å². The highest BCUT2D eigenvalue weighted by Crippen LogP contribution is 2.28. The Morgan fingerprint density at radius 2 is 1.55 bits per heavy atom. The first kappa shape index (κ1) is 30.9. The van der Waals surface area contributed by atoms with E-state index in [1.54, 1.807) is 25.7 Å². The topological polar surface area (TPSA) is 87.7 Å². The minimum absolute atomic E-state index is 0.237. The van der Waals surface area contributed by atoms with Crippen molar-refractivity contribution in [2.45, 2.75) is 92.5 Å². The molecule has 0 aliphatic heterocycles. The van der Waals surface area contributed by atoms with Crippen LogP contribution in [0.5, 0.6) is 0 Å². The molecule has 0 aliphatic carbocycles. The third-order valence-corrected chi connectivity index (χ3v) is 6.39. The molecule has 2 atom stereocenters. The van der Waals surface area contributed by atoms with Crippen molar-refractivity contribution >= 4 is 17.9 Å². The van der Waals surface area contributed by atoms with E-state index in [2.05, 4.69) is 24.5 Å². The lowest BCUT2D eigenvalue weighted by atomic mass is 9.96. The minimum atomic E-state index is -0.854. The largest absolute Gasteiger partial charge is 0.444 e. The molecule has 208 valence electrons. The molecule has 2 aromatic carbocycles. The molecule has 2 N–H and O–H groups in total. The molecule has 2 unspecified atom stereocenters. The Morgan fingerprint density at radius 3 is 2.13 bits per heavy atom. The van der Waals surface area contributed by atoms with E-state index < -0.39 is 17.7 Å². The smallest absolute Gasteiger partial charge is 0.408 e. The van der Waals surface area contributed by atoms with Crippen LogP contribution in [0.25, 0.3) is 0 Å². The average molecular weight is 524 g/mol. The van der Waals surface area contributed by atoms with E-state index in [1.165, 1.54) is 0 Å². The summed E-state index contributed by atoms with van der Waals surface area (Å²) >= 11 is 0. The number of rotatable bonds is 11. The minimum Gasteiger partial charge on any atom is -0.444 e. The average Bonchev–Trinajstić information content (AvgIpc) is 2.84. The highest BCUT2D eigenvalue weighted by Gasteiger charge is 2.35. The number of benzene rings is 2. The van der Waals surface area contributed by atoms with Crippen molar-refractivity contribution < 1.29 is 19.1 Å². The van der Waals surface area contributed by atoms with Crippen LogP contribution in [0, 0.1) is 19.8 Å². The molecule has 38 heavy (non-hydrogen) atoms. The van der Waals surface area contributed by atoms with E-state index >= 15 is 0 Å². The van der Waals surface area contributed by atoms with Crippen molar-refractivity contribution in [3.8, 4) is 0 Å². The molecule has 0 heterocycles. The van der Waals surface area contributed by atoms with Gasteiger partial charge in [0.05, 0.1) is 0 Å². The van der Waals surface area contributed by atoms with Gasteiger partial charge in [0, 0.05) is 12.6 Å². The zero-order valence-corrected chi connectivity index (χ0v) is 24.3. The Labute approximate surface area is 228 Å². The van der Waals surface area contributed by atoms with Crippen LogP contribution in [-0.4, -0.2) is 41.0 Å². The number of carbonyl (C=O) groups is 3. The van der Waals surface area contributed by atoms with Crippen LogP contribution in [-0.2, 0) is 20.9 Å². The predicted molar refractivity (Wildman–Crippen MR) is 152 cm³/mol. The Balaban J connectivity index is 2.42. The van der Waals surface area contributed by atoms with E-state index in [4.69, 9.17) is 4.74 Å². The molecule has 0 saturated carbocycles. The number of alkyl carbamates (subject to hydrolysis) is 1. The number of nitrogens with zero attached hydrogens (tertiary/aromatic N) is 1. The van der Waals surface area contributed by atoms with E-state index in [0.29, 0.717) is 12.5 Å². The normalized spacial score (nSPS) is 13.0. The summed E-state index contributed by atoms with van der Waals surface area (Å²) in [5.74, 6) is -0.161. The zero-order valence-electron chi connectivity index (χ0n) is 24.3. The molecule has 0 radical (unpaired) electrons. The Kier molecular flexibility index (Phi) is 11.4. The van der Waals surface area contributed by atoms with Gasteiger partial charge in [-0.25, -0.2) is 4.79 Å². The fourth-order valence-electron chi connectivity index (χ4n) is 4.17. The summed E-state index contributed by atoms with van der Waals surface area (Å²) in [6.45, 7) is 15.6. The van der Waals surface area contributed by atoms with Crippen molar-refractivity contribution in [2.75, 3.05) is 6.54 Å². The van der Waals surface area contributed by atoms with Crippen molar-refractivity contribution in [3.63, 3.8) is 0 Å². The molecule has 3 amide bonds. The van der Waals surface area contributed by atoms with Crippen molar-refractivity contribution in [3.05, 3.63) is 70.8 Å². The second-order valence-corrected chi connectivity index (χ2v) is 11.4. The first-order valence-electron chi connectivity index (χ1n) is 13.4. The van der Waals surface area contributed by atoms with Gasteiger partial charge in [-0.3, -0.25) is 9.59 Å². The van der Waals surface area contributed by atoms with Crippen molar-refractivity contribution in [1.82, 2.24) is 15.5 Å². The number of nitrogens with one attached hydrogen (secondary N) is 2. The van der Waals surface area contributed by atoms with E-state index in [-0.39, 0.29) is 24.4 Å². The lowest BCUT2D eigenvalue weighted by Crippen LogP contribution is -2.51. The predicted octanol–water partition coefficient (Wildman–Crippen LogP) is 5.84. The molecule has 2 rings (SSSR count). The second kappa shape index (κ2) is 14.0. The van der Waals surface area contributed by atoms with Crippen LogP contribution in [0.4, 0.5) is 4.79 Å². The van der Waals surface area contributed by atoms with Crippen LogP contribution < -0.4 is 10.6 Å². The van der Waals surface area contributed by atoms with Crippen LogP contribution in [0.1, 0.15) is 82.7 Å². The zero-order chi connectivity index (χ0) is 28.5. The molecule has 0 bridgehead atoms. The van der Waals surface area contributed by atoms with Gasteiger partial charge in [0.2, 0.25) is 11.8 Å². The molecular weight excluding hydrogens is 478 g/mol. The van der Waals surface area contributed by atoms with Gasteiger partial charge in [-0.15, -0.1) is 0 Å². The summed E-state index contributed by atoms with van der Waals surface area (Å²) < 4.78 is 5.32. The molecule has 0 spiro atoms. The van der Waals surface area contributed by atoms with Gasteiger partial charge in [-0.1, -0.05) is 62.4 Å². The second-order valence-electron chi connectivity index (χ2n) is 11.4. The quantitative estimate of drug-likeness (QED) is 0.387. The summed E-state index contributed by atoms with van der Waals surface area (Å²) in [7, 11) is 0. The summed E-state index contributed by atoms with van der Waals surface area (Å²) in [4.78, 5) is 41.5. The maximum absolute atomic E-state index is 13.8. The summed E-state index contributed by atoms with van der Waals surface area (Å²) in [5, 5.41) is 5.62. The number of ether oxygens (including phenoxy) is 1. The van der Waals surface area contributed by atoms with Crippen LogP contribution in [0.15, 0.2) is 48.5 Å². The number of hydrogen-bond acceptors (Lipinski definition) is 4. The highest BCUT2D eigenvalue weighted by atomic mass is 16.6. The maximum Gasteiger partial charge on any atom is 0.408 e. The highest BCUT2D eigenvalue weighted by molar-refractivity contribution is 5.90. The molecule has 0 aromatic heterocycles. The summed E-state index contributed by atoms with van der Waals surface area (Å²) in [5.41, 5.74) is 3.17. The van der Waals surface area contributed by atoms with E-state index in [0.717, 1.165) is 35.1 Å². The molecule has 2 aromatic rings. The van der Waals surface area contributed by atoms with E-state index in [1.807, 2.05) is 69.3 Å². The van der Waals surface area contributed by atoms with Gasteiger partial charge >= 0.3 is 6.09 Å².